The predicted molar refractivity (Wildman–Crippen MR) is 145 cm³/mol. The van der Waals surface area contributed by atoms with Gasteiger partial charge in [0.05, 0.1) is 30.2 Å². The third kappa shape index (κ3) is 4.65. The maximum absolute atomic E-state index is 13.9. The summed E-state index contributed by atoms with van der Waals surface area (Å²) >= 11 is 0. The van der Waals surface area contributed by atoms with Crippen LogP contribution in [0.2, 0.25) is 0 Å². The third-order valence-electron chi connectivity index (χ3n) is 6.77. The standard InChI is InChI=1S/C31H31NO6/c1-5-36-24-17-22(11-12-23(24)37-18-21-9-7-6-8-10-21)28-27-29(33)26-20(3)15-19(2)16-25(26)38-30(27)31(34)32(28)13-14-35-4/h6-12,15-17,28H,5,13-14,18H2,1-4H3. The number of fused-ring (bicyclic) bond motifs is 2. The average molecular weight is 514 g/mol. The molecule has 38 heavy (non-hydrogen) atoms. The first kappa shape index (κ1) is 25.5. The summed E-state index contributed by atoms with van der Waals surface area (Å²) in [6.45, 7) is 7.17. The molecule has 0 saturated heterocycles. The molecule has 7 nitrogen and oxygen atoms in total. The Hall–Kier alpha value is -4.10. The molecule has 1 amide bonds. The maximum atomic E-state index is 13.9. The van der Waals surface area contributed by atoms with E-state index in [4.69, 9.17) is 18.6 Å². The van der Waals surface area contributed by atoms with Gasteiger partial charge in [-0.2, -0.15) is 0 Å². The van der Waals surface area contributed by atoms with E-state index < -0.39 is 6.04 Å². The monoisotopic (exact) mass is 513 g/mol. The first-order valence-electron chi connectivity index (χ1n) is 12.7. The number of hydrogen-bond donors (Lipinski definition) is 0. The Kier molecular flexibility index (Phi) is 7.20. The predicted octanol–water partition coefficient (Wildman–Crippen LogP) is 5.58. The number of amides is 1. The van der Waals surface area contributed by atoms with Crippen LogP contribution in [0, 0.1) is 13.8 Å². The molecule has 2 heterocycles. The lowest BCUT2D eigenvalue weighted by Gasteiger charge is -2.25. The topological polar surface area (TPSA) is 78.2 Å². The van der Waals surface area contributed by atoms with Gasteiger partial charge in [0, 0.05) is 13.7 Å². The van der Waals surface area contributed by atoms with Crippen molar-refractivity contribution in [3.8, 4) is 11.5 Å². The Morgan fingerprint density at radius 1 is 0.947 bits per heavy atom. The summed E-state index contributed by atoms with van der Waals surface area (Å²) in [4.78, 5) is 29.1. The van der Waals surface area contributed by atoms with Crippen LogP contribution < -0.4 is 14.9 Å². The molecule has 0 spiro atoms. The quantitative estimate of drug-likeness (QED) is 0.291. The number of rotatable bonds is 9. The lowest BCUT2D eigenvalue weighted by atomic mass is 9.96. The van der Waals surface area contributed by atoms with Crippen LogP contribution in [0.4, 0.5) is 0 Å². The number of hydrogen-bond acceptors (Lipinski definition) is 6. The van der Waals surface area contributed by atoms with Crippen LogP contribution in [-0.4, -0.2) is 37.7 Å². The van der Waals surface area contributed by atoms with Gasteiger partial charge in [0.15, 0.2) is 16.9 Å². The molecule has 1 aromatic heterocycles. The highest BCUT2D eigenvalue weighted by Crippen LogP contribution is 2.41. The summed E-state index contributed by atoms with van der Waals surface area (Å²) in [5.41, 5.74) is 4.12. The van der Waals surface area contributed by atoms with Gasteiger partial charge in [0.2, 0.25) is 5.76 Å². The van der Waals surface area contributed by atoms with Gasteiger partial charge in [-0.3, -0.25) is 9.59 Å². The fourth-order valence-corrected chi connectivity index (χ4v) is 5.10. The first-order chi connectivity index (χ1) is 18.4. The smallest absolute Gasteiger partial charge is 0.290 e. The average Bonchev–Trinajstić information content (AvgIpc) is 3.18. The largest absolute Gasteiger partial charge is 0.490 e. The van der Waals surface area contributed by atoms with E-state index in [1.807, 2.05) is 75.4 Å². The summed E-state index contributed by atoms with van der Waals surface area (Å²) < 4.78 is 23.4. The molecule has 196 valence electrons. The lowest BCUT2D eigenvalue weighted by molar-refractivity contribution is 0.0663. The molecule has 0 saturated carbocycles. The van der Waals surface area contributed by atoms with Gasteiger partial charge in [-0.1, -0.05) is 42.5 Å². The molecule has 1 aliphatic rings. The zero-order valence-corrected chi connectivity index (χ0v) is 22.1. The number of aryl methyl sites for hydroxylation is 2. The molecular formula is C31H31NO6. The van der Waals surface area contributed by atoms with Gasteiger partial charge in [-0.05, 0) is 61.2 Å². The molecule has 0 N–H and O–H groups in total. The van der Waals surface area contributed by atoms with Crippen LogP contribution in [-0.2, 0) is 11.3 Å². The first-order valence-corrected chi connectivity index (χ1v) is 12.7. The maximum Gasteiger partial charge on any atom is 0.290 e. The second kappa shape index (κ2) is 10.7. The van der Waals surface area contributed by atoms with E-state index in [2.05, 4.69) is 0 Å². The van der Waals surface area contributed by atoms with Crippen molar-refractivity contribution < 1.29 is 23.4 Å². The van der Waals surface area contributed by atoms with E-state index in [0.29, 0.717) is 54.4 Å². The van der Waals surface area contributed by atoms with E-state index >= 15 is 0 Å². The van der Waals surface area contributed by atoms with Crippen molar-refractivity contribution in [1.82, 2.24) is 4.90 Å². The van der Waals surface area contributed by atoms with E-state index in [-0.39, 0.29) is 17.1 Å². The highest BCUT2D eigenvalue weighted by Gasteiger charge is 2.43. The Labute approximate surface area is 221 Å². The number of nitrogens with zero attached hydrogens (tertiary/aromatic N) is 1. The van der Waals surface area contributed by atoms with Crippen LogP contribution in [0.3, 0.4) is 0 Å². The highest BCUT2D eigenvalue weighted by molar-refractivity contribution is 5.99. The van der Waals surface area contributed by atoms with E-state index in [0.717, 1.165) is 22.3 Å². The van der Waals surface area contributed by atoms with Gasteiger partial charge in [-0.25, -0.2) is 0 Å². The zero-order chi connectivity index (χ0) is 26.8. The van der Waals surface area contributed by atoms with Crippen molar-refractivity contribution in [3.05, 3.63) is 104 Å². The van der Waals surface area contributed by atoms with Crippen LogP contribution in [0.15, 0.2) is 69.9 Å². The summed E-state index contributed by atoms with van der Waals surface area (Å²) in [5, 5.41) is 0.494. The van der Waals surface area contributed by atoms with Crippen molar-refractivity contribution in [3.63, 3.8) is 0 Å². The number of ether oxygens (including phenoxy) is 3. The van der Waals surface area contributed by atoms with Crippen molar-refractivity contribution in [2.24, 2.45) is 0 Å². The van der Waals surface area contributed by atoms with Crippen LogP contribution in [0.5, 0.6) is 11.5 Å². The van der Waals surface area contributed by atoms with Crippen molar-refractivity contribution >= 4 is 16.9 Å². The van der Waals surface area contributed by atoms with Crippen LogP contribution in [0.1, 0.15) is 51.3 Å². The number of benzene rings is 3. The zero-order valence-electron chi connectivity index (χ0n) is 22.1. The fraction of sp³-hybridized carbons (Fsp3) is 0.290. The Morgan fingerprint density at radius 2 is 1.74 bits per heavy atom. The second-order valence-corrected chi connectivity index (χ2v) is 9.44. The van der Waals surface area contributed by atoms with E-state index in [1.165, 1.54) is 0 Å². The molecule has 5 rings (SSSR count). The van der Waals surface area contributed by atoms with Crippen molar-refractivity contribution in [2.45, 2.75) is 33.4 Å². The SMILES string of the molecule is CCOc1cc(C2c3c(oc4cc(C)cc(C)c4c3=O)C(=O)N2CCOC)ccc1OCc1ccccc1. The summed E-state index contributed by atoms with van der Waals surface area (Å²) in [6.07, 6.45) is 0. The summed E-state index contributed by atoms with van der Waals surface area (Å²) in [7, 11) is 1.58. The molecule has 1 atom stereocenters. The number of methoxy groups -OCH3 is 1. The highest BCUT2D eigenvalue weighted by atomic mass is 16.5. The third-order valence-corrected chi connectivity index (χ3v) is 6.77. The van der Waals surface area contributed by atoms with E-state index in [9.17, 15) is 9.59 Å². The molecule has 0 aliphatic carbocycles. The summed E-state index contributed by atoms with van der Waals surface area (Å²) in [6, 6.07) is 18.6. The van der Waals surface area contributed by atoms with Gasteiger partial charge in [0.25, 0.3) is 5.91 Å². The molecule has 0 bridgehead atoms. The minimum absolute atomic E-state index is 0.0796. The molecule has 0 radical (unpaired) electrons. The second-order valence-electron chi connectivity index (χ2n) is 9.44. The van der Waals surface area contributed by atoms with Crippen LogP contribution in [0.25, 0.3) is 11.0 Å². The lowest BCUT2D eigenvalue weighted by Crippen LogP contribution is -2.32. The summed E-state index contributed by atoms with van der Waals surface area (Å²) in [5.74, 6) is 0.883. The molecule has 0 fully saturated rings. The minimum Gasteiger partial charge on any atom is -0.490 e. The van der Waals surface area contributed by atoms with Gasteiger partial charge >= 0.3 is 0 Å². The Balaban J connectivity index is 1.61. The van der Waals surface area contributed by atoms with Crippen molar-refractivity contribution in [2.75, 3.05) is 26.9 Å². The number of carbonyl (C=O) groups excluding carboxylic acids is 1. The molecular weight excluding hydrogens is 482 g/mol. The number of carbonyl (C=O) groups is 1. The minimum atomic E-state index is -0.642. The molecule has 3 aromatic carbocycles. The normalized spacial score (nSPS) is 14.7. The van der Waals surface area contributed by atoms with E-state index in [1.54, 1.807) is 18.1 Å². The van der Waals surface area contributed by atoms with Gasteiger partial charge < -0.3 is 23.5 Å². The Bertz CT molecular complexity index is 1540. The van der Waals surface area contributed by atoms with Crippen molar-refractivity contribution in [1.29, 1.82) is 0 Å². The van der Waals surface area contributed by atoms with Gasteiger partial charge in [0.1, 0.15) is 12.2 Å². The Morgan fingerprint density at radius 3 is 2.47 bits per heavy atom. The molecule has 1 aliphatic heterocycles. The molecule has 4 aromatic rings. The fourth-order valence-electron chi connectivity index (χ4n) is 5.10. The molecule has 1 unspecified atom stereocenters. The molecule has 7 heteroatoms. The van der Waals surface area contributed by atoms with Crippen LogP contribution >= 0.6 is 0 Å². The van der Waals surface area contributed by atoms with Gasteiger partial charge in [-0.15, -0.1) is 0 Å².